The Kier molecular flexibility index (Phi) is 8.20. The number of ether oxygens (including phenoxy) is 2. The summed E-state index contributed by atoms with van der Waals surface area (Å²) in [5, 5.41) is 11.9. The number of fused-ring (bicyclic) bond motifs is 1. The summed E-state index contributed by atoms with van der Waals surface area (Å²) in [6, 6.07) is 23.0. The van der Waals surface area contributed by atoms with E-state index in [4.69, 9.17) is 30.5 Å². The maximum Gasteiger partial charge on any atom is 0.338 e. The number of rotatable bonds is 8. The van der Waals surface area contributed by atoms with Gasteiger partial charge in [0.05, 0.1) is 46.0 Å². The van der Waals surface area contributed by atoms with Gasteiger partial charge in [0.2, 0.25) is 0 Å². The van der Waals surface area contributed by atoms with Crippen molar-refractivity contribution in [2.24, 2.45) is 4.99 Å². The Bertz CT molecular complexity index is 2150. The molecule has 1 aliphatic heterocycles. The molecule has 0 saturated heterocycles. The number of thiazole rings is 1. The molecule has 3 heterocycles. The molecule has 5 aromatic rings. The van der Waals surface area contributed by atoms with Crippen LogP contribution in [-0.2, 0) is 9.53 Å². The van der Waals surface area contributed by atoms with Crippen molar-refractivity contribution in [1.82, 2.24) is 4.57 Å². The van der Waals surface area contributed by atoms with Crippen LogP contribution >= 0.6 is 22.9 Å². The number of nitro groups is 1. The first-order valence-corrected chi connectivity index (χ1v) is 14.9. The zero-order valence-corrected chi connectivity index (χ0v) is 25.5. The third-order valence-electron chi connectivity index (χ3n) is 7.13. The van der Waals surface area contributed by atoms with Crippen molar-refractivity contribution in [3.8, 4) is 17.1 Å². The van der Waals surface area contributed by atoms with Crippen LogP contribution in [-0.4, -0.2) is 29.2 Å². The molecule has 0 saturated carbocycles. The Hall–Kier alpha value is -5.26. The summed E-state index contributed by atoms with van der Waals surface area (Å²) in [6.45, 7) is 1.85. The van der Waals surface area contributed by atoms with Crippen LogP contribution < -0.4 is 19.6 Å². The second-order valence-corrected chi connectivity index (χ2v) is 11.3. The zero-order valence-electron chi connectivity index (χ0n) is 23.9. The monoisotopic (exact) mass is 641 g/mol. The second-order valence-electron chi connectivity index (χ2n) is 9.83. The molecule has 6 rings (SSSR count). The van der Waals surface area contributed by atoms with Gasteiger partial charge in [-0.2, -0.15) is 0 Å². The number of esters is 1. The molecule has 0 fully saturated rings. The van der Waals surface area contributed by atoms with Crippen molar-refractivity contribution in [1.29, 1.82) is 0 Å². The third kappa shape index (κ3) is 5.70. The zero-order chi connectivity index (χ0) is 31.7. The molecular formula is C33H24ClN3O7S. The number of carbonyl (C=O) groups is 1. The molecule has 1 atom stereocenters. The molecular weight excluding hydrogens is 618 g/mol. The highest BCUT2D eigenvalue weighted by atomic mass is 35.5. The van der Waals surface area contributed by atoms with Crippen molar-refractivity contribution in [2.75, 3.05) is 13.7 Å². The lowest BCUT2D eigenvalue weighted by atomic mass is 9.93. The van der Waals surface area contributed by atoms with Gasteiger partial charge in [0.1, 0.15) is 17.3 Å². The lowest BCUT2D eigenvalue weighted by molar-refractivity contribution is -0.384. The fourth-order valence-electron chi connectivity index (χ4n) is 5.11. The van der Waals surface area contributed by atoms with Gasteiger partial charge in [0, 0.05) is 22.7 Å². The summed E-state index contributed by atoms with van der Waals surface area (Å²) in [4.78, 5) is 44.0. The van der Waals surface area contributed by atoms with E-state index in [1.807, 2.05) is 30.3 Å². The molecule has 0 amide bonds. The fourth-order valence-corrected chi connectivity index (χ4v) is 6.26. The number of hydrogen-bond acceptors (Lipinski definition) is 9. The van der Waals surface area contributed by atoms with Crippen molar-refractivity contribution in [2.45, 2.75) is 13.0 Å². The molecule has 0 bridgehead atoms. The lowest BCUT2D eigenvalue weighted by Crippen LogP contribution is -2.40. The van der Waals surface area contributed by atoms with Gasteiger partial charge in [-0.15, -0.1) is 0 Å². The Morgan fingerprint density at radius 1 is 1.11 bits per heavy atom. The summed E-state index contributed by atoms with van der Waals surface area (Å²) in [7, 11) is 1.56. The SMILES string of the molecule is CCOC(=O)C1=C(c2ccccc2)N=c2s/c(=C\c3ccc(-c4ccc(Cl)cc4[N+](=O)[O-])o3)c(=O)n2C1c1ccc(OC)cc1. The van der Waals surface area contributed by atoms with E-state index in [0.29, 0.717) is 33.1 Å². The Morgan fingerprint density at radius 2 is 1.87 bits per heavy atom. The highest BCUT2D eigenvalue weighted by Gasteiger charge is 2.35. The molecule has 12 heteroatoms. The van der Waals surface area contributed by atoms with E-state index in [1.165, 1.54) is 22.8 Å². The summed E-state index contributed by atoms with van der Waals surface area (Å²) < 4.78 is 18.5. The van der Waals surface area contributed by atoms with Gasteiger partial charge in [-0.1, -0.05) is 65.4 Å². The number of furan rings is 1. The Morgan fingerprint density at radius 3 is 2.56 bits per heavy atom. The smallest absolute Gasteiger partial charge is 0.338 e. The fraction of sp³-hybridized carbons (Fsp3) is 0.121. The quantitative estimate of drug-likeness (QED) is 0.120. The minimum absolute atomic E-state index is 0.136. The minimum Gasteiger partial charge on any atom is -0.497 e. The van der Waals surface area contributed by atoms with Crippen LogP contribution in [0.2, 0.25) is 5.02 Å². The molecule has 0 radical (unpaired) electrons. The van der Waals surface area contributed by atoms with Gasteiger partial charge in [-0.25, -0.2) is 9.79 Å². The molecule has 3 aromatic carbocycles. The minimum atomic E-state index is -0.854. The number of methoxy groups -OCH3 is 1. The van der Waals surface area contributed by atoms with Gasteiger partial charge >= 0.3 is 5.97 Å². The van der Waals surface area contributed by atoms with Crippen molar-refractivity contribution < 1.29 is 23.6 Å². The number of aromatic nitrogens is 1. The van der Waals surface area contributed by atoms with Gasteiger partial charge < -0.3 is 13.9 Å². The average molecular weight is 642 g/mol. The molecule has 0 N–H and O–H groups in total. The van der Waals surface area contributed by atoms with Gasteiger partial charge in [0.15, 0.2) is 4.80 Å². The predicted octanol–water partition coefficient (Wildman–Crippen LogP) is 5.77. The molecule has 1 unspecified atom stereocenters. The van der Waals surface area contributed by atoms with Crippen LogP contribution in [0.15, 0.2) is 105 Å². The number of nitro benzene ring substituents is 1. The van der Waals surface area contributed by atoms with Crippen molar-refractivity contribution in [3.05, 3.63) is 142 Å². The van der Waals surface area contributed by atoms with Crippen LogP contribution in [0.5, 0.6) is 5.75 Å². The molecule has 0 spiro atoms. The van der Waals surface area contributed by atoms with Crippen LogP contribution in [0.1, 0.15) is 29.9 Å². The standard InChI is InChI=1S/C33H24ClN3O7S/c1-3-43-32(39)28-29(19-7-5-4-6-8-19)35-33-36(30(28)20-9-12-22(42-2)13-10-20)31(38)27(45-33)18-23-14-16-26(44-23)24-15-11-21(34)17-25(24)37(40)41/h4-18,30H,3H2,1-2H3/b27-18-. The maximum atomic E-state index is 14.1. The second kappa shape index (κ2) is 12.4. The summed E-state index contributed by atoms with van der Waals surface area (Å²) >= 11 is 7.11. The summed E-state index contributed by atoms with van der Waals surface area (Å²) in [5.41, 5.74) is 1.62. The largest absolute Gasteiger partial charge is 0.497 e. The molecule has 10 nitrogen and oxygen atoms in total. The summed E-state index contributed by atoms with van der Waals surface area (Å²) in [5.74, 6) is 0.568. The van der Waals surface area contributed by atoms with Gasteiger partial charge in [-0.3, -0.25) is 19.5 Å². The number of benzene rings is 3. The normalized spacial score (nSPS) is 14.6. The highest BCUT2D eigenvalue weighted by molar-refractivity contribution is 7.07. The number of nitrogens with zero attached hydrogens (tertiary/aromatic N) is 3. The molecule has 2 aromatic heterocycles. The summed E-state index contributed by atoms with van der Waals surface area (Å²) in [6.07, 6.45) is 1.55. The van der Waals surface area contributed by atoms with Crippen LogP contribution in [0.3, 0.4) is 0 Å². The maximum absolute atomic E-state index is 14.1. The van der Waals surface area contributed by atoms with E-state index in [-0.39, 0.29) is 38.7 Å². The van der Waals surface area contributed by atoms with E-state index >= 15 is 0 Å². The third-order valence-corrected chi connectivity index (χ3v) is 8.35. The number of hydrogen-bond donors (Lipinski definition) is 0. The molecule has 45 heavy (non-hydrogen) atoms. The Labute approximate surface area is 264 Å². The lowest BCUT2D eigenvalue weighted by Gasteiger charge is -2.26. The molecule has 226 valence electrons. The predicted molar refractivity (Wildman–Crippen MR) is 170 cm³/mol. The topological polar surface area (TPSA) is 126 Å². The first kappa shape index (κ1) is 29.8. The average Bonchev–Trinajstić information content (AvgIpc) is 3.64. The Balaban J connectivity index is 1.55. The molecule has 0 aliphatic carbocycles. The van der Waals surface area contributed by atoms with E-state index in [1.54, 1.807) is 56.5 Å². The molecule has 1 aliphatic rings. The first-order chi connectivity index (χ1) is 21.8. The van der Waals surface area contributed by atoms with Crippen LogP contribution in [0.4, 0.5) is 5.69 Å². The van der Waals surface area contributed by atoms with Crippen LogP contribution in [0, 0.1) is 10.1 Å². The van der Waals surface area contributed by atoms with Gasteiger partial charge in [0.25, 0.3) is 11.2 Å². The van der Waals surface area contributed by atoms with Gasteiger partial charge in [-0.05, 0) is 48.9 Å². The number of halogens is 1. The van der Waals surface area contributed by atoms with E-state index in [0.717, 1.165) is 11.3 Å². The van der Waals surface area contributed by atoms with Crippen molar-refractivity contribution >= 4 is 46.4 Å². The van der Waals surface area contributed by atoms with E-state index in [9.17, 15) is 19.7 Å². The van der Waals surface area contributed by atoms with E-state index in [2.05, 4.69) is 0 Å². The van der Waals surface area contributed by atoms with Crippen LogP contribution in [0.25, 0.3) is 23.1 Å². The van der Waals surface area contributed by atoms with Crippen molar-refractivity contribution in [3.63, 3.8) is 0 Å². The highest BCUT2D eigenvalue weighted by Crippen LogP contribution is 2.36. The number of carbonyl (C=O) groups excluding carboxylic acids is 1. The van der Waals surface area contributed by atoms with E-state index < -0.39 is 22.5 Å². The first-order valence-electron chi connectivity index (χ1n) is 13.8.